The minimum Gasteiger partial charge on any atom is -0.310 e. The molecule has 2 aromatic rings. The molecular weight excluding hydrogens is 256 g/mol. The van der Waals surface area contributed by atoms with Crippen LogP contribution in [0.4, 0.5) is 0 Å². The van der Waals surface area contributed by atoms with Gasteiger partial charge < -0.3 is 5.32 Å². The van der Waals surface area contributed by atoms with Gasteiger partial charge in [0.25, 0.3) is 0 Å². The lowest BCUT2D eigenvalue weighted by atomic mass is 10.1. The Hall–Kier alpha value is -1.33. The lowest BCUT2D eigenvalue weighted by molar-refractivity contribution is 0.537. The molecule has 0 aliphatic heterocycles. The zero-order chi connectivity index (χ0) is 13.7. The molecule has 0 saturated carbocycles. The first-order valence-corrected chi connectivity index (χ1v) is 7.41. The molecule has 1 N–H and O–H groups in total. The number of rotatable bonds is 6. The number of nitrogens with one attached hydrogen (secondary N) is 1. The van der Waals surface area contributed by atoms with E-state index < -0.39 is 0 Å². The highest BCUT2D eigenvalue weighted by molar-refractivity contribution is 7.99. The zero-order valence-electron chi connectivity index (χ0n) is 11.6. The number of aryl methyl sites for hydroxylation is 1. The lowest BCUT2D eigenvalue weighted by Crippen LogP contribution is -2.19. The fourth-order valence-corrected chi connectivity index (χ4v) is 2.76. The summed E-state index contributed by atoms with van der Waals surface area (Å²) in [6.45, 7) is 5.34. The Bertz CT molecular complexity index is 506. The van der Waals surface area contributed by atoms with Crippen LogP contribution in [0.15, 0.2) is 40.6 Å². The van der Waals surface area contributed by atoms with Gasteiger partial charge >= 0.3 is 0 Å². The fourth-order valence-electron chi connectivity index (χ4n) is 2.00. The van der Waals surface area contributed by atoms with Gasteiger partial charge in [-0.2, -0.15) is 5.10 Å². The Balaban J connectivity index is 2.08. The van der Waals surface area contributed by atoms with E-state index in [0.717, 1.165) is 18.1 Å². The Morgan fingerprint density at radius 3 is 2.53 bits per heavy atom. The maximum atomic E-state index is 4.22. The first-order chi connectivity index (χ1) is 9.24. The van der Waals surface area contributed by atoms with E-state index in [1.807, 2.05) is 7.05 Å². The van der Waals surface area contributed by atoms with Gasteiger partial charge in [0.05, 0.1) is 0 Å². The van der Waals surface area contributed by atoms with Crippen LogP contribution in [0, 0.1) is 0 Å². The Labute approximate surface area is 118 Å². The Morgan fingerprint density at radius 1 is 1.26 bits per heavy atom. The van der Waals surface area contributed by atoms with Crippen LogP contribution in [0.3, 0.4) is 0 Å². The van der Waals surface area contributed by atoms with Gasteiger partial charge in [0.2, 0.25) is 0 Å². The highest BCUT2D eigenvalue weighted by atomic mass is 32.2. The average molecular weight is 276 g/mol. The minimum atomic E-state index is 0.443. The van der Waals surface area contributed by atoms with Crippen molar-refractivity contribution >= 4 is 11.8 Å². The summed E-state index contributed by atoms with van der Waals surface area (Å²) in [6.07, 6.45) is 2.68. The van der Waals surface area contributed by atoms with Gasteiger partial charge in [0, 0.05) is 18.0 Å². The van der Waals surface area contributed by atoms with Crippen LogP contribution in [-0.2, 0) is 7.05 Å². The zero-order valence-corrected chi connectivity index (χ0v) is 12.4. The number of aromatic nitrogens is 3. The van der Waals surface area contributed by atoms with Gasteiger partial charge in [-0.3, -0.25) is 0 Å². The highest BCUT2D eigenvalue weighted by Crippen LogP contribution is 2.27. The van der Waals surface area contributed by atoms with E-state index in [4.69, 9.17) is 0 Å². The van der Waals surface area contributed by atoms with Gasteiger partial charge in [-0.25, -0.2) is 9.67 Å². The number of hydrogen-bond donors (Lipinski definition) is 1. The molecule has 19 heavy (non-hydrogen) atoms. The van der Waals surface area contributed by atoms with Crippen molar-refractivity contribution in [2.24, 2.45) is 7.05 Å². The van der Waals surface area contributed by atoms with E-state index in [-0.39, 0.29) is 0 Å². The van der Waals surface area contributed by atoms with Crippen molar-refractivity contribution in [1.82, 2.24) is 20.1 Å². The third-order valence-electron chi connectivity index (χ3n) is 3.02. The second kappa shape index (κ2) is 6.73. The standard InChI is InChI=1S/C14H20N4S/c1-4-13(15-5-2)11-6-8-12(9-7-11)19-14-16-10-17-18(14)3/h6-10,13,15H,4-5H2,1-3H3. The third-order valence-corrected chi connectivity index (χ3v) is 4.08. The molecule has 0 aliphatic rings. The molecule has 0 bridgehead atoms. The monoisotopic (exact) mass is 276 g/mol. The lowest BCUT2D eigenvalue weighted by Gasteiger charge is -2.16. The van der Waals surface area contributed by atoms with Crippen LogP contribution in [0.5, 0.6) is 0 Å². The Morgan fingerprint density at radius 2 is 2.00 bits per heavy atom. The molecule has 1 unspecified atom stereocenters. The van der Waals surface area contributed by atoms with Gasteiger partial charge in [-0.1, -0.05) is 37.7 Å². The first kappa shape index (κ1) is 14.1. The second-order valence-electron chi connectivity index (χ2n) is 4.36. The molecule has 0 spiro atoms. The molecule has 1 aromatic carbocycles. The van der Waals surface area contributed by atoms with Crippen molar-refractivity contribution in [3.8, 4) is 0 Å². The van der Waals surface area contributed by atoms with E-state index in [1.54, 1.807) is 22.8 Å². The van der Waals surface area contributed by atoms with Crippen molar-refractivity contribution < 1.29 is 0 Å². The molecule has 1 heterocycles. The van der Waals surface area contributed by atoms with Gasteiger partial charge in [0.1, 0.15) is 6.33 Å². The molecule has 102 valence electrons. The van der Waals surface area contributed by atoms with E-state index in [1.165, 1.54) is 10.5 Å². The summed E-state index contributed by atoms with van der Waals surface area (Å²) in [4.78, 5) is 5.40. The number of hydrogen-bond acceptors (Lipinski definition) is 4. The molecular formula is C14H20N4S. The van der Waals surface area contributed by atoms with Crippen LogP contribution in [0.2, 0.25) is 0 Å². The first-order valence-electron chi connectivity index (χ1n) is 6.59. The predicted molar refractivity (Wildman–Crippen MR) is 78.3 cm³/mol. The van der Waals surface area contributed by atoms with E-state index in [0.29, 0.717) is 6.04 Å². The van der Waals surface area contributed by atoms with Crippen LogP contribution in [-0.4, -0.2) is 21.3 Å². The topological polar surface area (TPSA) is 42.7 Å². The van der Waals surface area contributed by atoms with Crippen molar-refractivity contribution in [2.75, 3.05) is 6.54 Å². The molecule has 1 aromatic heterocycles. The van der Waals surface area contributed by atoms with E-state index in [2.05, 4.69) is 53.5 Å². The number of benzene rings is 1. The van der Waals surface area contributed by atoms with Crippen LogP contribution in [0.1, 0.15) is 31.9 Å². The SMILES string of the molecule is CCNC(CC)c1ccc(Sc2ncnn2C)cc1. The average Bonchev–Trinajstić information content (AvgIpc) is 2.83. The summed E-state index contributed by atoms with van der Waals surface area (Å²) in [6, 6.07) is 9.12. The van der Waals surface area contributed by atoms with Gasteiger partial charge in [-0.05, 0) is 30.7 Å². The van der Waals surface area contributed by atoms with Crippen molar-refractivity contribution in [1.29, 1.82) is 0 Å². The van der Waals surface area contributed by atoms with Crippen LogP contribution >= 0.6 is 11.8 Å². The maximum Gasteiger partial charge on any atom is 0.190 e. The summed E-state index contributed by atoms with van der Waals surface area (Å²) >= 11 is 1.63. The largest absolute Gasteiger partial charge is 0.310 e. The Kier molecular flexibility index (Phi) is 4.99. The third kappa shape index (κ3) is 3.58. The van der Waals surface area contributed by atoms with Crippen molar-refractivity contribution in [2.45, 2.75) is 36.4 Å². The molecule has 2 rings (SSSR count). The van der Waals surface area contributed by atoms with Crippen LogP contribution < -0.4 is 5.32 Å². The predicted octanol–water partition coefficient (Wildman–Crippen LogP) is 3.03. The molecule has 4 nitrogen and oxygen atoms in total. The maximum absolute atomic E-state index is 4.22. The second-order valence-corrected chi connectivity index (χ2v) is 5.40. The van der Waals surface area contributed by atoms with Crippen LogP contribution in [0.25, 0.3) is 0 Å². The summed E-state index contributed by atoms with van der Waals surface area (Å²) in [7, 11) is 1.90. The summed E-state index contributed by atoms with van der Waals surface area (Å²) in [5.74, 6) is 0. The molecule has 0 aliphatic carbocycles. The van der Waals surface area contributed by atoms with Gasteiger partial charge in [-0.15, -0.1) is 0 Å². The molecule has 0 amide bonds. The van der Waals surface area contributed by atoms with E-state index in [9.17, 15) is 0 Å². The molecule has 1 atom stereocenters. The van der Waals surface area contributed by atoms with Crippen molar-refractivity contribution in [3.05, 3.63) is 36.2 Å². The number of nitrogens with zero attached hydrogens (tertiary/aromatic N) is 3. The fraction of sp³-hybridized carbons (Fsp3) is 0.429. The van der Waals surface area contributed by atoms with Gasteiger partial charge in [0.15, 0.2) is 5.16 Å². The molecule has 0 radical (unpaired) electrons. The quantitative estimate of drug-likeness (QED) is 0.880. The molecule has 0 fully saturated rings. The summed E-state index contributed by atoms with van der Waals surface area (Å²) in [5.41, 5.74) is 1.34. The summed E-state index contributed by atoms with van der Waals surface area (Å²) in [5, 5.41) is 8.47. The molecule has 5 heteroatoms. The highest BCUT2D eigenvalue weighted by Gasteiger charge is 2.08. The summed E-state index contributed by atoms with van der Waals surface area (Å²) < 4.78 is 1.78. The smallest absolute Gasteiger partial charge is 0.190 e. The molecule has 0 saturated heterocycles. The minimum absolute atomic E-state index is 0.443. The van der Waals surface area contributed by atoms with Crippen molar-refractivity contribution in [3.63, 3.8) is 0 Å². The van der Waals surface area contributed by atoms with E-state index >= 15 is 0 Å². The normalized spacial score (nSPS) is 12.6.